The Bertz CT molecular complexity index is 470. The third-order valence-corrected chi connectivity index (χ3v) is 2.07. The van der Waals surface area contributed by atoms with Gasteiger partial charge in [0.2, 0.25) is 0 Å². The molecule has 2 rings (SSSR count). The largest absolute Gasteiger partial charge is 0.411 e. The van der Waals surface area contributed by atoms with E-state index in [9.17, 15) is 0 Å². The van der Waals surface area contributed by atoms with Crippen LogP contribution in [-0.4, -0.2) is 25.9 Å². The highest BCUT2D eigenvalue weighted by atomic mass is 16.4. The van der Waals surface area contributed by atoms with Crippen LogP contribution in [0.4, 0.5) is 0 Å². The first kappa shape index (κ1) is 10.2. The summed E-state index contributed by atoms with van der Waals surface area (Å²) in [5.41, 5.74) is 1.91. The van der Waals surface area contributed by atoms with Crippen LogP contribution in [-0.2, 0) is 6.42 Å². The molecule has 0 spiro atoms. The molecule has 0 amide bonds. The van der Waals surface area contributed by atoms with E-state index in [1.165, 1.54) is 6.33 Å². The Morgan fingerprint density at radius 1 is 1.19 bits per heavy atom. The van der Waals surface area contributed by atoms with Gasteiger partial charge in [-0.3, -0.25) is 4.98 Å². The van der Waals surface area contributed by atoms with Gasteiger partial charge in [-0.1, -0.05) is 11.2 Å². The predicted molar refractivity (Wildman–Crippen MR) is 58.3 cm³/mol. The highest BCUT2D eigenvalue weighted by Gasteiger charge is 2.07. The highest BCUT2D eigenvalue weighted by Crippen LogP contribution is 2.03. The second-order valence-electron chi connectivity index (χ2n) is 3.14. The Hall–Kier alpha value is -2.30. The summed E-state index contributed by atoms with van der Waals surface area (Å²) in [6.07, 6.45) is 5.19. The fourth-order valence-corrected chi connectivity index (χ4v) is 1.30. The molecular weight excluding hydrogens is 204 g/mol. The van der Waals surface area contributed by atoms with Gasteiger partial charge in [0.1, 0.15) is 12.0 Å². The maximum absolute atomic E-state index is 8.95. The van der Waals surface area contributed by atoms with E-state index in [0.717, 1.165) is 5.69 Å². The van der Waals surface area contributed by atoms with Crippen LogP contribution in [0, 0.1) is 0 Å². The maximum Gasteiger partial charge on any atom is 0.115 e. The minimum absolute atomic E-state index is 0.427. The van der Waals surface area contributed by atoms with Crippen molar-refractivity contribution in [2.45, 2.75) is 6.42 Å². The summed E-state index contributed by atoms with van der Waals surface area (Å²) in [4.78, 5) is 12.0. The van der Waals surface area contributed by atoms with Gasteiger partial charge >= 0.3 is 0 Å². The molecule has 80 valence electrons. The smallest absolute Gasteiger partial charge is 0.115 e. The van der Waals surface area contributed by atoms with E-state index in [1.807, 2.05) is 12.1 Å². The third-order valence-electron chi connectivity index (χ3n) is 2.07. The molecule has 2 aromatic heterocycles. The van der Waals surface area contributed by atoms with Gasteiger partial charge in [0.05, 0.1) is 5.69 Å². The first-order valence-corrected chi connectivity index (χ1v) is 4.77. The Morgan fingerprint density at radius 3 is 2.75 bits per heavy atom. The Labute approximate surface area is 92.5 Å². The Kier molecular flexibility index (Phi) is 3.18. The van der Waals surface area contributed by atoms with Crippen molar-refractivity contribution in [2.75, 3.05) is 0 Å². The third kappa shape index (κ3) is 2.38. The molecule has 1 N–H and O–H groups in total. The molecule has 0 fully saturated rings. The van der Waals surface area contributed by atoms with Crippen LogP contribution in [0.15, 0.2) is 48.1 Å². The van der Waals surface area contributed by atoms with E-state index < -0.39 is 0 Å². The lowest BCUT2D eigenvalue weighted by Crippen LogP contribution is -2.08. The topological polar surface area (TPSA) is 71.3 Å². The first-order chi connectivity index (χ1) is 7.90. The van der Waals surface area contributed by atoms with Crippen LogP contribution in [0.5, 0.6) is 0 Å². The Morgan fingerprint density at radius 2 is 2.12 bits per heavy atom. The summed E-state index contributed by atoms with van der Waals surface area (Å²) >= 11 is 0. The zero-order chi connectivity index (χ0) is 11.2. The average molecular weight is 214 g/mol. The monoisotopic (exact) mass is 214 g/mol. The van der Waals surface area contributed by atoms with Crippen molar-refractivity contribution >= 4 is 5.71 Å². The minimum atomic E-state index is 0.427. The van der Waals surface area contributed by atoms with Gasteiger partial charge in [0, 0.05) is 24.5 Å². The molecule has 16 heavy (non-hydrogen) atoms. The van der Waals surface area contributed by atoms with Crippen LogP contribution in [0.3, 0.4) is 0 Å². The lowest BCUT2D eigenvalue weighted by molar-refractivity contribution is 0.318. The molecule has 0 saturated carbocycles. The number of oxime groups is 1. The molecule has 0 aliphatic carbocycles. The van der Waals surface area contributed by atoms with Crippen molar-refractivity contribution in [3.8, 4) is 0 Å². The normalized spacial score (nSPS) is 11.4. The molecule has 5 nitrogen and oxygen atoms in total. The molecule has 0 aromatic carbocycles. The van der Waals surface area contributed by atoms with Crippen LogP contribution < -0.4 is 0 Å². The van der Waals surface area contributed by atoms with Gasteiger partial charge in [0.15, 0.2) is 0 Å². The van der Waals surface area contributed by atoms with E-state index in [1.54, 1.807) is 24.5 Å². The Balaban J connectivity index is 2.20. The van der Waals surface area contributed by atoms with Crippen molar-refractivity contribution in [3.63, 3.8) is 0 Å². The second kappa shape index (κ2) is 4.97. The summed E-state index contributed by atoms with van der Waals surface area (Å²) in [7, 11) is 0. The van der Waals surface area contributed by atoms with Crippen molar-refractivity contribution in [2.24, 2.45) is 5.16 Å². The standard InChI is InChI=1S/C11H10N4O/c16-15-11(10-3-1-2-5-13-10)7-9-4-6-12-8-14-9/h1-6,8,16H,7H2/b15-11-. The molecule has 0 radical (unpaired) electrons. The number of rotatable bonds is 3. The number of hydrogen-bond donors (Lipinski definition) is 1. The number of pyridine rings is 1. The number of nitrogens with zero attached hydrogens (tertiary/aromatic N) is 4. The van der Waals surface area contributed by atoms with Crippen LogP contribution >= 0.6 is 0 Å². The zero-order valence-electron chi connectivity index (χ0n) is 8.48. The summed E-state index contributed by atoms with van der Waals surface area (Å²) in [6, 6.07) is 7.21. The molecule has 0 aliphatic heterocycles. The SMILES string of the molecule is O/N=C(/Cc1ccncn1)c1ccccn1. The second-order valence-corrected chi connectivity index (χ2v) is 3.14. The van der Waals surface area contributed by atoms with E-state index >= 15 is 0 Å². The molecule has 0 aliphatic rings. The fraction of sp³-hybridized carbons (Fsp3) is 0.0909. The molecule has 0 bridgehead atoms. The molecular formula is C11H10N4O. The molecule has 2 aromatic rings. The van der Waals surface area contributed by atoms with Gasteiger partial charge in [0.25, 0.3) is 0 Å². The van der Waals surface area contributed by atoms with Crippen LogP contribution in [0.1, 0.15) is 11.4 Å². The summed E-state index contributed by atoms with van der Waals surface area (Å²) in [5, 5.41) is 12.2. The van der Waals surface area contributed by atoms with Crippen molar-refractivity contribution in [1.82, 2.24) is 15.0 Å². The van der Waals surface area contributed by atoms with Gasteiger partial charge in [-0.15, -0.1) is 0 Å². The van der Waals surface area contributed by atoms with Gasteiger partial charge in [-0.25, -0.2) is 9.97 Å². The van der Waals surface area contributed by atoms with Gasteiger partial charge in [-0.2, -0.15) is 0 Å². The lowest BCUT2D eigenvalue weighted by atomic mass is 10.1. The molecule has 2 heterocycles. The predicted octanol–water partition coefficient (Wildman–Crippen LogP) is 1.29. The fourth-order valence-electron chi connectivity index (χ4n) is 1.30. The maximum atomic E-state index is 8.95. The highest BCUT2D eigenvalue weighted by molar-refractivity contribution is 5.99. The van der Waals surface area contributed by atoms with E-state index in [-0.39, 0.29) is 0 Å². The number of aromatic nitrogens is 3. The lowest BCUT2D eigenvalue weighted by Gasteiger charge is -2.02. The molecule has 0 saturated heterocycles. The summed E-state index contributed by atoms with van der Waals surface area (Å²) in [5.74, 6) is 0. The quantitative estimate of drug-likeness (QED) is 0.475. The first-order valence-electron chi connectivity index (χ1n) is 4.77. The van der Waals surface area contributed by atoms with Crippen molar-refractivity contribution in [1.29, 1.82) is 0 Å². The van der Waals surface area contributed by atoms with E-state index in [0.29, 0.717) is 17.8 Å². The average Bonchev–Trinajstić information content (AvgIpc) is 2.38. The van der Waals surface area contributed by atoms with Gasteiger partial charge in [-0.05, 0) is 18.2 Å². The van der Waals surface area contributed by atoms with E-state index in [2.05, 4.69) is 20.1 Å². The minimum Gasteiger partial charge on any atom is -0.411 e. The number of hydrogen-bond acceptors (Lipinski definition) is 5. The van der Waals surface area contributed by atoms with Gasteiger partial charge < -0.3 is 5.21 Å². The van der Waals surface area contributed by atoms with Crippen molar-refractivity contribution < 1.29 is 5.21 Å². The molecule has 0 atom stereocenters. The van der Waals surface area contributed by atoms with E-state index in [4.69, 9.17) is 5.21 Å². The zero-order valence-corrected chi connectivity index (χ0v) is 8.48. The van der Waals surface area contributed by atoms with Crippen molar-refractivity contribution in [3.05, 3.63) is 54.4 Å². The van der Waals surface area contributed by atoms with Crippen LogP contribution in [0.2, 0.25) is 0 Å². The molecule has 5 heteroatoms. The molecule has 0 unspecified atom stereocenters. The summed E-state index contributed by atoms with van der Waals surface area (Å²) < 4.78 is 0. The van der Waals surface area contributed by atoms with Crippen LogP contribution in [0.25, 0.3) is 0 Å². The summed E-state index contributed by atoms with van der Waals surface area (Å²) in [6.45, 7) is 0.